The van der Waals surface area contributed by atoms with Gasteiger partial charge in [0.15, 0.2) is 0 Å². The highest BCUT2D eigenvalue weighted by Gasteiger charge is 2.23. The van der Waals surface area contributed by atoms with Gasteiger partial charge in [-0.15, -0.1) is 0 Å². The lowest BCUT2D eigenvalue weighted by atomic mass is 9.80. The molecule has 0 nitrogen and oxygen atoms in total. The number of hydrogen-bond donors (Lipinski definition) is 0. The minimum absolute atomic E-state index is 0.571. The lowest BCUT2D eigenvalue weighted by molar-refractivity contribution is 0.734. The van der Waals surface area contributed by atoms with E-state index in [1.807, 2.05) is 0 Å². The second-order valence-corrected chi connectivity index (χ2v) is 15.1. The quantitative estimate of drug-likeness (QED) is 0.144. The molecule has 0 bridgehead atoms. The summed E-state index contributed by atoms with van der Waals surface area (Å²) in [7, 11) is 0. The first-order chi connectivity index (χ1) is 27.7. The minimum Gasteiger partial charge on any atom is -0.0648 e. The van der Waals surface area contributed by atoms with Gasteiger partial charge in [-0.1, -0.05) is 214 Å². The van der Waals surface area contributed by atoms with Crippen molar-refractivity contribution >= 4 is 43.1 Å². The molecule has 1 unspecified atom stereocenters. The number of rotatable bonds is 7. The predicted molar refractivity (Wildman–Crippen MR) is 242 cm³/mol. The lowest BCUT2D eigenvalue weighted by Gasteiger charge is -2.23. The van der Waals surface area contributed by atoms with Gasteiger partial charge in [0, 0.05) is 0 Å². The Kier molecular flexibility index (Phi) is 8.53. The van der Waals surface area contributed by atoms with Crippen LogP contribution in [0.5, 0.6) is 0 Å². The van der Waals surface area contributed by atoms with E-state index in [0.717, 1.165) is 6.42 Å². The Hall–Kier alpha value is -6.76. The minimum atomic E-state index is 0.571. The van der Waals surface area contributed by atoms with Gasteiger partial charge in [-0.05, 0) is 117 Å². The van der Waals surface area contributed by atoms with Crippen LogP contribution in [0.25, 0.3) is 98.7 Å². The van der Waals surface area contributed by atoms with Gasteiger partial charge < -0.3 is 0 Å². The average molecular weight is 715 g/mol. The highest BCUT2D eigenvalue weighted by Crippen LogP contribution is 2.51. The van der Waals surface area contributed by atoms with Crippen LogP contribution in [0.4, 0.5) is 0 Å². The second-order valence-electron chi connectivity index (χ2n) is 15.1. The van der Waals surface area contributed by atoms with Crippen molar-refractivity contribution in [3.05, 3.63) is 206 Å². The summed E-state index contributed by atoms with van der Waals surface area (Å²) in [5.41, 5.74) is 14.0. The van der Waals surface area contributed by atoms with Crippen LogP contribution < -0.4 is 0 Å². The summed E-state index contributed by atoms with van der Waals surface area (Å²) in [6, 6.07) is 74.2. The van der Waals surface area contributed by atoms with Crippen molar-refractivity contribution in [1.29, 1.82) is 0 Å². The zero-order chi connectivity index (χ0) is 37.6. The molecular weight excluding hydrogens is 673 g/mol. The summed E-state index contributed by atoms with van der Waals surface area (Å²) in [6.45, 7) is 4.56. The van der Waals surface area contributed by atoms with Crippen LogP contribution >= 0.6 is 0 Å². The van der Waals surface area contributed by atoms with Crippen molar-refractivity contribution in [2.45, 2.75) is 26.2 Å². The third-order valence-electron chi connectivity index (χ3n) is 12.0. The molecule has 0 saturated heterocycles. The molecule has 0 amide bonds. The maximum atomic E-state index is 2.33. The highest BCUT2D eigenvalue weighted by atomic mass is 14.3. The standard InChI is InChI=1S/C56H42/c1-3-37(2)38-29-31-39(32-30-38)40-33-35-42(36-34-40)53-45-21-9-13-25-49(45)55(50-26-14-10-22-46(50)53)56-51-27-15-11-23-47(51)54(48-24-12-16-28-52(48)56)44-20-8-7-19-43(44)41-17-5-4-6-18-41/h4-37H,3H2,1-2H3. The molecular formula is C56H42. The molecule has 1 atom stereocenters. The average Bonchev–Trinajstić information content (AvgIpc) is 3.28. The van der Waals surface area contributed by atoms with Gasteiger partial charge in [-0.25, -0.2) is 0 Å². The summed E-state index contributed by atoms with van der Waals surface area (Å²) in [4.78, 5) is 0. The van der Waals surface area contributed by atoms with E-state index in [1.165, 1.54) is 104 Å². The largest absolute Gasteiger partial charge is 0.0648 e. The fourth-order valence-corrected chi connectivity index (χ4v) is 9.04. The summed E-state index contributed by atoms with van der Waals surface area (Å²) in [5.74, 6) is 0.571. The van der Waals surface area contributed by atoms with Gasteiger partial charge in [-0.2, -0.15) is 0 Å². The maximum absolute atomic E-state index is 2.33. The Balaban J connectivity index is 1.23. The smallest absolute Gasteiger partial charge is 0.00139 e. The topological polar surface area (TPSA) is 0 Å². The van der Waals surface area contributed by atoms with Crippen LogP contribution in [0.1, 0.15) is 31.7 Å². The first-order valence-electron chi connectivity index (χ1n) is 19.9. The molecule has 0 aliphatic rings. The summed E-state index contributed by atoms with van der Waals surface area (Å²) >= 11 is 0. The van der Waals surface area contributed by atoms with Crippen molar-refractivity contribution in [3.8, 4) is 55.6 Å². The van der Waals surface area contributed by atoms with E-state index in [4.69, 9.17) is 0 Å². The maximum Gasteiger partial charge on any atom is -0.00139 e. The molecule has 0 aliphatic carbocycles. The van der Waals surface area contributed by atoms with Crippen molar-refractivity contribution in [2.75, 3.05) is 0 Å². The molecule has 0 heterocycles. The Morgan fingerprint density at radius 1 is 0.286 bits per heavy atom. The molecule has 0 radical (unpaired) electrons. The third kappa shape index (κ3) is 5.61. The summed E-state index contributed by atoms with van der Waals surface area (Å²) in [6.07, 6.45) is 1.15. The van der Waals surface area contributed by atoms with Gasteiger partial charge in [0.25, 0.3) is 0 Å². The predicted octanol–water partition coefficient (Wildman–Crippen LogP) is 16.1. The zero-order valence-corrected chi connectivity index (χ0v) is 31.8. The normalized spacial score (nSPS) is 12.1. The van der Waals surface area contributed by atoms with Crippen LogP contribution in [-0.2, 0) is 0 Å². The molecule has 10 aromatic rings. The fourth-order valence-electron chi connectivity index (χ4n) is 9.04. The third-order valence-corrected chi connectivity index (χ3v) is 12.0. The first-order valence-corrected chi connectivity index (χ1v) is 19.9. The van der Waals surface area contributed by atoms with E-state index in [-0.39, 0.29) is 0 Å². The Morgan fingerprint density at radius 2 is 0.625 bits per heavy atom. The van der Waals surface area contributed by atoms with Gasteiger partial charge in [0.05, 0.1) is 0 Å². The molecule has 0 saturated carbocycles. The van der Waals surface area contributed by atoms with Gasteiger partial charge in [-0.3, -0.25) is 0 Å². The van der Waals surface area contributed by atoms with Crippen LogP contribution in [-0.4, -0.2) is 0 Å². The molecule has 266 valence electrons. The summed E-state index contributed by atoms with van der Waals surface area (Å²) in [5, 5.41) is 10.1. The molecule has 56 heavy (non-hydrogen) atoms. The van der Waals surface area contributed by atoms with Crippen LogP contribution in [0, 0.1) is 0 Å². The highest BCUT2D eigenvalue weighted by molar-refractivity contribution is 6.30. The van der Waals surface area contributed by atoms with Crippen molar-refractivity contribution in [2.24, 2.45) is 0 Å². The monoisotopic (exact) mass is 714 g/mol. The lowest BCUT2D eigenvalue weighted by Crippen LogP contribution is -1.95. The molecule has 0 aromatic heterocycles. The number of benzene rings is 10. The van der Waals surface area contributed by atoms with Crippen molar-refractivity contribution in [3.63, 3.8) is 0 Å². The van der Waals surface area contributed by atoms with E-state index < -0.39 is 0 Å². The van der Waals surface area contributed by atoms with E-state index in [2.05, 4.69) is 214 Å². The number of fused-ring (bicyclic) bond motifs is 4. The molecule has 0 spiro atoms. The zero-order valence-electron chi connectivity index (χ0n) is 31.8. The van der Waals surface area contributed by atoms with Crippen LogP contribution in [0.15, 0.2) is 200 Å². The van der Waals surface area contributed by atoms with Crippen LogP contribution in [0.2, 0.25) is 0 Å². The molecule has 10 rings (SSSR count). The first kappa shape index (κ1) is 33.8. The fraction of sp³-hybridized carbons (Fsp3) is 0.0714. The SMILES string of the molecule is CCC(C)c1ccc(-c2ccc(-c3c4ccccc4c(-c4c5ccccc5c(-c5ccccc5-c5ccccc5)c5ccccc45)c4ccccc34)cc2)cc1. The summed E-state index contributed by atoms with van der Waals surface area (Å²) < 4.78 is 0. The van der Waals surface area contributed by atoms with Gasteiger partial charge >= 0.3 is 0 Å². The van der Waals surface area contributed by atoms with Crippen LogP contribution in [0.3, 0.4) is 0 Å². The molecule has 0 aliphatic heterocycles. The Labute approximate surface area is 329 Å². The molecule has 0 fully saturated rings. The molecule has 10 aromatic carbocycles. The van der Waals surface area contributed by atoms with E-state index in [1.54, 1.807) is 0 Å². The van der Waals surface area contributed by atoms with Crippen molar-refractivity contribution in [1.82, 2.24) is 0 Å². The Morgan fingerprint density at radius 3 is 1.07 bits per heavy atom. The second kappa shape index (κ2) is 14.1. The number of hydrogen-bond acceptors (Lipinski definition) is 0. The van der Waals surface area contributed by atoms with E-state index >= 15 is 0 Å². The van der Waals surface area contributed by atoms with Crippen molar-refractivity contribution < 1.29 is 0 Å². The van der Waals surface area contributed by atoms with E-state index in [0.29, 0.717) is 5.92 Å². The van der Waals surface area contributed by atoms with Gasteiger partial charge in [0.1, 0.15) is 0 Å². The Bertz CT molecular complexity index is 2930. The molecule has 0 N–H and O–H groups in total. The van der Waals surface area contributed by atoms with E-state index in [9.17, 15) is 0 Å². The van der Waals surface area contributed by atoms with Gasteiger partial charge in [0.2, 0.25) is 0 Å². The molecule has 0 heteroatoms.